The Kier molecular flexibility index (Phi) is 6.38. The van der Waals surface area contributed by atoms with Crippen LogP contribution in [0.25, 0.3) is 0 Å². The highest BCUT2D eigenvalue weighted by molar-refractivity contribution is 14.1. The molecule has 0 atom stereocenters. The number of nitrogens with zero attached hydrogens (tertiary/aromatic N) is 1. The number of nitrogens with one attached hydrogen (secondary N) is 1. The lowest BCUT2D eigenvalue weighted by Crippen LogP contribution is -2.05. The quantitative estimate of drug-likeness (QED) is 0.215. The summed E-state index contributed by atoms with van der Waals surface area (Å²) in [6, 6.07) is 13.1. The highest BCUT2D eigenvalue weighted by Crippen LogP contribution is 2.24. The van der Waals surface area contributed by atoms with Crippen molar-refractivity contribution in [2.75, 3.05) is 0 Å². The van der Waals surface area contributed by atoms with Crippen LogP contribution in [0, 0.1) is 19.1 Å². The molecule has 0 spiro atoms. The first-order valence-electron chi connectivity index (χ1n) is 5.58. The predicted octanol–water partition coefficient (Wildman–Crippen LogP) is 3.33. The average molecular weight is 396 g/mol. The number of nitro benzene ring substituents is 1. The SMILES string of the molecule is N=C=O.O=C(c1ccccc1)c1ccc(I)cc1[N+](=O)[O-]. The number of carbonyl (C=O) groups excluding carboxylic acids is 2. The minimum absolute atomic E-state index is 0.117. The molecule has 0 heterocycles. The van der Waals surface area contributed by atoms with Crippen molar-refractivity contribution in [3.05, 3.63) is 73.3 Å². The van der Waals surface area contributed by atoms with Gasteiger partial charge in [0.1, 0.15) is 5.56 Å². The molecule has 0 radical (unpaired) electrons. The molecule has 0 fully saturated rings. The van der Waals surface area contributed by atoms with Crippen LogP contribution < -0.4 is 0 Å². The van der Waals surface area contributed by atoms with Gasteiger partial charge < -0.3 is 0 Å². The number of benzene rings is 2. The van der Waals surface area contributed by atoms with Gasteiger partial charge in [0.05, 0.1) is 4.92 Å². The summed E-state index contributed by atoms with van der Waals surface area (Å²) in [5.41, 5.74) is 0.407. The second-order valence-electron chi connectivity index (χ2n) is 3.72. The topological polar surface area (TPSA) is 101 Å². The minimum atomic E-state index is -0.529. The van der Waals surface area contributed by atoms with Crippen LogP contribution in [0.15, 0.2) is 48.5 Å². The van der Waals surface area contributed by atoms with E-state index < -0.39 is 4.92 Å². The van der Waals surface area contributed by atoms with Crippen molar-refractivity contribution in [1.82, 2.24) is 0 Å². The second-order valence-corrected chi connectivity index (χ2v) is 4.96. The van der Waals surface area contributed by atoms with Crippen LogP contribution in [0.5, 0.6) is 0 Å². The second kappa shape index (κ2) is 8.03. The molecule has 6 nitrogen and oxygen atoms in total. The fourth-order valence-corrected chi connectivity index (χ4v) is 2.07. The summed E-state index contributed by atoms with van der Waals surface area (Å²) < 4.78 is 0.726. The summed E-state index contributed by atoms with van der Waals surface area (Å²) in [6.07, 6.45) is 0.750. The van der Waals surface area contributed by atoms with Crippen molar-refractivity contribution in [3.63, 3.8) is 0 Å². The Morgan fingerprint density at radius 1 is 1.19 bits per heavy atom. The molecular weight excluding hydrogens is 387 g/mol. The van der Waals surface area contributed by atoms with Gasteiger partial charge in [-0.05, 0) is 34.7 Å². The largest absolute Gasteiger partial charge is 0.288 e. The maximum absolute atomic E-state index is 12.2. The van der Waals surface area contributed by atoms with E-state index in [0.29, 0.717) is 5.56 Å². The average Bonchev–Trinajstić information content (AvgIpc) is 2.48. The third kappa shape index (κ3) is 4.59. The van der Waals surface area contributed by atoms with Gasteiger partial charge in [0, 0.05) is 15.2 Å². The lowest BCUT2D eigenvalue weighted by Gasteiger charge is -2.03. The maximum Gasteiger partial charge on any atom is 0.281 e. The van der Waals surface area contributed by atoms with Gasteiger partial charge in [0.2, 0.25) is 6.08 Å². The normalized spacial score (nSPS) is 9.00. The third-order valence-corrected chi connectivity index (χ3v) is 3.11. The molecule has 0 aliphatic rings. The predicted molar refractivity (Wildman–Crippen MR) is 84.1 cm³/mol. The van der Waals surface area contributed by atoms with E-state index in [1.54, 1.807) is 36.4 Å². The Hall–Kier alpha value is -2.38. The number of rotatable bonds is 3. The Balaban J connectivity index is 0.000000677. The Morgan fingerprint density at radius 2 is 1.76 bits per heavy atom. The van der Waals surface area contributed by atoms with Crippen LogP contribution in [0.3, 0.4) is 0 Å². The number of ketones is 1. The first-order chi connectivity index (χ1) is 10.0. The molecule has 2 aromatic carbocycles. The summed E-state index contributed by atoms with van der Waals surface area (Å²) in [7, 11) is 0. The number of isocyanates is 1. The van der Waals surface area contributed by atoms with Crippen LogP contribution in [0.4, 0.5) is 5.69 Å². The maximum atomic E-state index is 12.2. The molecule has 0 aromatic heterocycles. The molecule has 0 bridgehead atoms. The first kappa shape index (κ1) is 16.7. The Morgan fingerprint density at radius 3 is 2.29 bits per heavy atom. The summed E-state index contributed by atoms with van der Waals surface area (Å²) in [4.78, 5) is 31.0. The van der Waals surface area contributed by atoms with Gasteiger partial charge in [-0.3, -0.25) is 14.9 Å². The van der Waals surface area contributed by atoms with Gasteiger partial charge in [-0.15, -0.1) is 0 Å². The molecular formula is C14H9IN2O4. The van der Waals surface area contributed by atoms with Crippen molar-refractivity contribution >= 4 is 40.1 Å². The van der Waals surface area contributed by atoms with Crippen LogP contribution in [0.1, 0.15) is 15.9 Å². The van der Waals surface area contributed by atoms with Gasteiger partial charge >= 0.3 is 0 Å². The standard InChI is InChI=1S/C13H8INO3.CHNO/c14-10-6-7-11(12(8-10)15(17)18)13(16)9-4-2-1-3-5-9;2-1-3/h1-8H;2H. The number of halogens is 1. The van der Waals surface area contributed by atoms with Gasteiger partial charge in [-0.25, -0.2) is 10.2 Å². The monoisotopic (exact) mass is 396 g/mol. The van der Waals surface area contributed by atoms with E-state index in [4.69, 9.17) is 10.2 Å². The molecule has 106 valence electrons. The zero-order valence-corrected chi connectivity index (χ0v) is 12.7. The molecule has 21 heavy (non-hydrogen) atoms. The zero-order chi connectivity index (χ0) is 15.8. The van der Waals surface area contributed by atoms with E-state index in [1.165, 1.54) is 12.1 Å². The lowest BCUT2D eigenvalue weighted by atomic mass is 10.0. The molecule has 0 amide bonds. The summed E-state index contributed by atoms with van der Waals surface area (Å²) in [6.45, 7) is 0. The van der Waals surface area contributed by atoms with Crippen molar-refractivity contribution < 1.29 is 14.5 Å². The van der Waals surface area contributed by atoms with Gasteiger partial charge in [0.25, 0.3) is 5.69 Å². The van der Waals surface area contributed by atoms with E-state index >= 15 is 0 Å². The fourth-order valence-electron chi connectivity index (χ4n) is 1.59. The van der Waals surface area contributed by atoms with E-state index in [-0.39, 0.29) is 17.0 Å². The van der Waals surface area contributed by atoms with Gasteiger partial charge in [0.15, 0.2) is 5.78 Å². The van der Waals surface area contributed by atoms with Crippen LogP contribution in [-0.4, -0.2) is 16.8 Å². The highest BCUT2D eigenvalue weighted by Gasteiger charge is 2.21. The summed E-state index contributed by atoms with van der Waals surface area (Å²) >= 11 is 1.98. The van der Waals surface area contributed by atoms with Gasteiger partial charge in [-0.1, -0.05) is 30.3 Å². The van der Waals surface area contributed by atoms with Gasteiger partial charge in [-0.2, -0.15) is 0 Å². The van der Waals surface area contributed by atoms with E-state index in [1.807, 2.05) is 22.6 Å². The van der Waals surface area contributed by atoms with Crippen molar-refractivity contribution in [2.45, 2.75) is 0 Å². The van der Waals surface area contributed by atoms with E-state index in [9.17, 15) is 14.9 Å². The highest BCUT2D eigenvalue weighted by atomic mass is 127. The third-order valence-electron chi connectivity index (χ3n) is 2.44. The number of hydrogen-bond acceptors (Lipinski definition) is 5. The number of carbonyl (C=O) groups is 1. The first-order valence-corrected chi connectivity index (χ1v) is 6.66. The Bertz CT molecular complexity index is 695. The summed E-state index contributed by atoms with van der Waals surface area (Å²) in [5, 5.41) is 16.4. The molecule has 2 aromatic rings. The van der Waals surface area contributed by atoms with Crippen LogP contribution in [-0.2, 0) is 4.79 Å². The molecule has 0 aliphatic heterocycles. The molecule has 7 heteroatoms. The van der Waals surface area contributed by atoms with Crippen LogP contribution >= 0.6 is 22.6 Å². The molecule has 0 aliphatic carbocycles. The van der Waals surface area contributed by atoms with Crippen molar-refractivity contribution in [1.29, 1.82) is 5.41 Å². The van der Waals surface area contributed by atoms with E-state index in [0.717, 1.165) is 9.65 Å². The molecule has 1 N–H and O–H groups in total. The minimum Gasteiger partial charge on any atom is -0.288 e. The number of hydrogen-bond donors (Lipinski definition) is 1. The van der Waals surface area contributed by atoms with Crippen molar-refractivity contribution in [3.8, 4) is 0 Å². The molecule has 0 saturated carbocycles. The smallest absolute Gasteiger partial charge is 0.281 e. The fraction of sp³-hybridized carbons (Fsp3) is 0. The number of nitro groups is 1. The Labute approximate surface area is 133 Å². The summed E-state index contributed by atoms with van der Waals surface area (Å²) in [5.74, 6) is -0.335. The molecule has 2 rings (SSSR count). The van der Waals surface area contributed by atoms with E-state index in [2.05, 4.69) is 0 Å². The van der Waals surface area contributed by atoms with Crippen molar-refractivity contribution in [2.24, 2.45) is 0 Å². The molecule has 0 saturated heterocycles. The van der Waals surface area contributed by atoms with Crippen LogP contribution in [0.2, 0.25) is 0 Å². The zero-order valence-electron chi connectivity index (χ0n) is 10.6. The molecule has 0 unspecified atom stereocenters. The lowest BCUT2D eigenvalue weighted by molar-refractivity contribution is -0.385.